The van der Waals surface area contributed by atoms with Crippen LogP contribution in [0.15, 0.2) is 42.5 Å². The summed E-state index contributed by atoms with van der Waals surface area (Å²) in [4.78, 5) is 17.5. The molecule has 4 nitrogen and oxygen atoms in total. The molecule has 0 fully saturated rings. The summed E-state index contributed by atoms with van der Waals surface area (Å²) in [5.41, 5.74) is 4.52. The van der Waals surface area contributed by atoms with Crippen molar-refractivity contribution in [3.8, 4) is 0 Å². The van der Waals surface area contributed by atoms with Crippen LogP contribution in [-0.4, -0.2) is 19.9 Å². The summed E-state index contributed by atoms with van der Waals surface area (Å²) in [6, 6.07) is 12.4. The molecule has 0 saturated heterocycles. The molecule has 4 aromatic rings. The molecule has 130 valence electrons. The largest absolute Gasteiger partial charge is 0.341 e. The summed E-state index contributed by atoms with van der Waals surface area (Å²) < 4.78 is 17.5. The molecule has 0 bridgehead atoms. The Morgan fingerprint density at radius 2 is 2.00 bits per heavy atom. The predicted molar refractivity (Wildman–Crippen MR) is 99.0 cm³/mol. The number of fused-ring (bicyclic) bond motifs is 4. The highest BCUT2D eigenvalue weighted by Crippen LogP contribution is 2.25. The number of aryl methyl sites for hydroxylation is 3. The van der Waals surface area contributed by atoms with E-state index in [-0.39, 0.29) is 11.6 Å². The van der Waals surface area contributed by atoms with Crippen molar-refractivity contribution in [1.82, 2.24) is 14.1 Å². The van der Waals surface area contributed by atoms with Gasteiger partial charge in [-0.1, -0.05) is 6.07 Å². The van der Waals surface area contributed by atoms with E-state index < -0.39 is 0 Å². The van der Waals surface area contributed by atoms with Crippen LogP contribution in [0.3, 0.4) is 0 Å². The molecule has 0 saturated carbocycles. The molecule has 3 heterocycles. The zero-order valence-corrected chi connectivity index (χ0v) is 14.5. The van der Waals surface area contributed by atoms with Gasteiger partial charge in [0.2, 0.25) is 0 Å². The topological polar surface area (TPSA) is 39.8 Å². The molecule has 1 aliphatic rings. The third-order valence-corrected chi connectivity index (χ3v) is 5.33. The number of ketones is 1. The van der Waals surface area contributed by atoms with Gasteiger partial charge in [-0.25, -0.2) is 9.37 Å². The van der Waals surface area contributed by atoms with Gasteiger partial charge in [-0.2, -0.15) is 0 Å². The number of carbonyl (C=O) groups excluding carboxylic acids is 1. The number of nitrogens with zero attached hydrogens (tertiary/aromatic N) is 3. The highest BCUT2D eigenvalue weighted by Gasteiger charge is 2.18. The molecule has 0 spiro atoms. The Labute approximate surface area is 149 Å². The van der Waals surface area contributed by atoms with Crippen molar-refractivity contribution in [2.45, 2.75) is 25.8 Å². The van der Waals surface area contributed by atoms with Crippen LogP contribution in [0.2, 0.25) is 0 Å². The van der Waals surface area contributed by atoms with Gasteiger partial charge in [-0.3, -0.25) is 4.79 Å². The first-order chi connectivity index (χ1) is 12.6. The molecule has 2 aromatic heterocycles. The van der Waals surface area contributed by atoms with Crippen LogP contribution in [0.1, 0.15) is 28.3 Å². The zero-order valence-electron chi connectivity index (χ0n) is 14.5. The molecule has 0 aliphatic carbocycles. The third-order valence-electron chi connectivity index (χ3n) is 5.33. The van der Waals surface area contributed by atoms with Crippen LogP contribution in [0.5, 0.6) is 0 Å². The average molecular weight is 347 g/mol. The Kier molecular flexibility index (Phi) is 3.26. The van der Waals surface area contributed by atoms with Crippen LogP contribution >= 0.6 is 0 Å². The summed E-state index contributed by atoms with van der Waals surface area (Å²) in [6.07, 6.45) is 2.49. The molecule has 2 aromatic carbocycles. The highest BCUT2D eigenvalue weighted by atomic mass is 19.1. The lowest BCUT2D eigenvalue weighted by molar-refractivity contribution is 0.0985. The van der Waals surface area contributed by atoms with E-state index in [1.807, 2.05) is 23.7 Å². The Morgan fingerprint density at radius 3 is 2.88 bits per heavy atom. The van der Waals surface area contributed by atoms with Crippen molar-refractivity contribution >= 4 is 27.7 Å². The molecule has 26 heavy (non-hydrogen) atoms. The summed E-state index contributed by atoms with van der Waals surface area (Å²) in [7, 11) is 1.84. The normalized spacial score (nSPS) is 13.6. The maximum Gasteiger partial charge on any atom is 0.183 e. The lowest BCUT2D eigenvalue weighted by Crippen LogP contribution is -2.08. The summed E-state index contributed by atoms with van der Waals surface area (Å²) in [6.45, 7) is 1.02. The molecule has 0 radical (unpaired) electrons. The Balaban J connectivity index is 1.48. The monoisotopic (exact) mass is 347 g/mol. The number of imidazole rings is 1. The fourth-order valence-electron chi connectivity index (χ4n) is 4.03. The number of Topliss-reactive ketones (excluding diaryl/α,β-unsaturated/α-hetero) is 1. The SMILES string of the molecule is Cn1c(C(=O)Cc2ccc3c(c2)nc2n3CCC2)cc2cc(F)ccc21. The van der Waals surface area contributed by atoms with Gasteiger partial charge >= 0.3 is 0 Å². The molecule has 5 heteroatoms. The number of carbonyl (C=O) groups is 1. The van der Waals surface area contributed by atoms with Gasteiger partial charge in [-0.15, -0.1) is 0 Å². The Morgan fingerprint density at radius 1 is 1.15 bits per heavy atom. The van der Waals surface area contributed by atoms with Crippen LogP contribution in [-0.2, 0) is 26.4 Å². The second-order valence-electron chi connectivity index (χ2n) is 7.00. The first kappa shape index (κ1) is 15.3. The number of aromatic nitrogens is 3. The van der Waals surface area contributed by atoms with E-state index in [0.717, 1.165) is 52.7 Å². The summed E-state index contributed by atoms with van der Waals surface area (Å²) in [5.74, 6) is 0.870. The van der Waals surface area contributed by atoms with Gasteiger partial charge in [0.1, 0.15) is 11.6 Å². The minimum absolute atomic E-state index is 0.0233. The fraction of sp³-hybridized carbons (Fsp3) is 0.238. The van der Waals surface area contributed by atoms with E-state index in [2.05, 4.69) is 10.6 Å². The zero-order chi connectivity index (χ0) is 17.8. The van der Waals surface area contributed by atoms with Crippen molar-refractivity contribution in [3.05, 3.63) is 65.4 Å². The van der Waals surface area contributed by atoms with Crippen LogP contribution in [0, 0.1) is 5.82 Å². The minimum atomic E-state index is -0.291. The Bertz CT molecular complexity index is 1190. The lowest BCUT2D eigenvalue weighted by Gasteiger charge is -2.05. The molecule has 5 rings (SSSR count). The van der Waals surface area contributed by atoms with Crippen molar-refractivity contribution in [3.63, 3.8) is 0 Å². The first-order valence-corrected chi connectivity index (χ1v) is 8.86. The number of rotatable bonds is 3. The number of hydrogen-bond donors (Lipinski definition) is 0. The predicted octanol–water partition coefficient (Wildman–Crippen LogP) is 4.04. The van der Waals surface area contributed by atoms with Crippen LogP contribution in [0.25, 0.3) is 21.9 Å². The molecular weight excluding hydrogens is 329 g/mol. The number of benzene rings is 2. The van der Waals surface area contributed by atoms with E-state index in [9.17, 15) is 9.18 Å². The molecule has 0 atom stereocenters. The smallest absolute Gasteiger partial charge is 0.183 e. The summed E-state index contributed by atoms with van der Waals surface area (Å²) in [5, 5.41) is 0.747. The number of hydrogen-bond acceptors (Lipinski definition) is 2. The van der Waals surface area contributed by atoms with Crippen molar-refractivity contribution in [2.75, 3.05) is 0 Å². The van der Waals surface area contributed by atoms with Gasteiger partial charge in [-0.05, 0) is 48.4 Å². The molecular formula is C21H18FN3O. The first-order valence-electron chi connectivity index (χ1n) is 8.86. The highest BCUT2D eigenvalue weighted by molar-refractivity contribution is 6.01. The van der Waals surface area contributed by atoms with Crippen LogP contribution in [0.4, 0.5) is 4.39 Å². The molecule has 1 aliphatic heterocycles. The quantitative estimate of drug-likeness (QED) is 0.525. The second-order valence-corrected chi connectivity index (χ2v) is 7.00. The van der Waals surface area contributed by atoms with Crippen molar-refractivity contribution < 1.29 is 9.18 Å². The lowest BCUT2D eigenvalue weighted by atomic mass is 10.1. The molecule has 0 unspecified atom stereocenters. The van der Waals surface area contributed by atoms with Gasteiger partial charge < -0.3 is 9.13 Å². The second kappa shape index (κ2) is 5.53. The molecule has 0 amide bonds. The summed E-state index contributed by atoms with van der Waals surface area (Å²) >= 11 is 0. The molecule has 0 N–H and O–H groups in total. The van der Waals surface area contributed by atoms with E-state index in [1.165, 1.54) is 12.1 Å². The maximum atomic E-state index is 13.4. The van der Waals surface area contributed by atoms with E-state index >= 15 is 0 Å². The minimum Gasteiger partial charge on any atom is -0.341 e. The third kappa shape index (κ3) is 2.27. The van der Waals surface area contributed by atoms with E-state index in [1.54, 1.807) is 12.1 Å². The van der Waals surface area contributed by atoms with Gasteiger partial charge in [0.25, 0.3) is 0 Å². The fourth-order valence-corrected chi connectivity index (χ4v) is 4.03. The van der Waals surface area contributed by atoms with Crippen molar-refractivity contribution in [1.29, 1.82) is 0 Å². The van der Waals surface area contributed by atoms with E-state index in [0.29, 0.717) is 12.1 Å². The van der Waals surface area contributed by atoms with Crippen molar-refractivity contribution in [2.24, 2.45) is 7.05 Å². The average Bonchev–Trinajstić information content (AvgIpc) is 3.27. The Hall–Kier alpha value is -2.95. The standard InChI is InChI=1S/C21H18FN3O/c1-24-17-7-5-15(22)11-14(17)12-19(24)20(26)10-13-4-6-18-16(9-13)23-21-3-2-8-25(18)21/h4-7,9,11-12H,2-3,8,10H2,1H3. The maximum absolute atomic E-state index is 13.4. The van der Waals surface area contributed by atoms with Crippen LogP contribution < -0.4 is 0 Å². The van der Waals surface area contributed by atoms with Gasteiger partial charge in [0.15, 0.2) is 5.78 Å². The van der Waals surface area contributed by atoms with E-state index in [4.69, 9.17) is 4.98 Å². The van der Waals surface area contributed by atoms with Gasteiger partial charge in [0, 0.05) is 37.3 Å². The number of halogens is 1. The van der Waals surface area contributed by atoms with Gasteiger partial charge in [0.05, 0.1) is 16.7 Å².